The number of benzene rings is 2. The number of aliphatic hydroxyl groups excluding tert-OH is 1. The van der Waals surface area contributed by atoms with Crippen molar-refractivity contribution < 1.29 is 14.6 Å². The van der Waals surface area contributed by atoms with Gasteiger partial charge in [-0.1, -0.05) is 12.1 Å². The molecule has 0 bridgehead atoms. The molecule has 1 aromatic heterocycles. The molecule has 166 valence electrons. The fourth-order valence-electron chi connectivity index (χ4n) is 3.68. The molecule has 1 aliphatic heterocycles. The Kier molecular flexibility index (Phi) is 6.75. The SMILES string of the molecule is COc1cccc([C@H]2C(C(=O)Nc3ccc(I)cc3)=C(C)Nc3nc(CCCO)nn32)c1. The number of rotatable bonds is 7. The highest BCUT2D eigenvalue weighted by molar-refractivity contribution is 14.1. The smallest absolute Gasteiger partial charge is 0.255 e. The normalized spacial score (nSPS) is 15.2. The van der Waals surface area contributed by atoms with Gasteiger partial charge in [-0.15, -0.1) is 0 Å². The molecule has 0 saturated carbocycles. The van der Waals surface area contributed by atoms with Crippen LogP contribution in [0.4, 0.5) is 11.6 Å². The molecule has 2 aromatic carbocycles. The number of anilines is 2. The van der Waals surface area contributed by atoms with Gasteiger partial charge in [-0.3, -0.25) is 4.79 Å². The third-order valence-electron chi connectivity index (χ3n) is 5.21. The van der Waals surface area contributed by atoms with Crippen molar-refractivity contribution in [2.75, 3.05) is 24.4 Å². The minimum atomic E-state index is -0.486. The van der Waals surface area contributed by atoms with Gasteiger partial charge in [-0.2, -0.15) is 10.1 Å². The van der Waals surface area contributed by atoms with Crippen molar-refractivity contribution in [1.82, 2.24) is 14.8 Å². The number of ether oxygens (including phenoxy) is 1. The number of halogens is 1. The Morgan fingerprint density at radius 2 is 2.06 bits per heavy atom. The number of nitrogens with one attached hydrogen (secondary N) is 2. The Morgan fingerprint density at radius 3 is 2.78 bits per heavy atom. The van der Waals surface area contributed by atoms with Crippen LogP contribution in [0.5, 0.6) is 5.75 Å². The summed E-state index contributed by atoms with van der Waals surface area (Å²) in [6.07, 6.45) is 1.12. The summed E-state index contributed by atoms with van der Waals surface area (Å²) in [5, 5.41) is 20.1. The topological polar surface area (TPSA) is 101 Å². The summed E-state index contributed by atoms with van der Waals surface area (Å²) in [6.45, 7) is 1.93. The Bertz CT molecular complexity index is 1160. The van der Waals surface area contributed by atoms with Gasteiger partial charge in [0.2, 0.25) is 5.95 Å². The molecule has 2 heterocycles. The molecule has 0 unspecified atom stereocenters. The molecule has 0 saturated heterocycles. The highest BCUT2D eigenvalue weighted by atomic mass is 127. The van der Waals surface area contributed by atoms with Crippen LogP contribution in [0.1, 0.15) is 30.8 Å². The molecule has 3 aromatic rings. The van der Waals surface area contributed by atoms with Gasteiger partial charge in [0.05, 0.1) is 12.7 Å². The average molecular weight is 545 g/mol. The quantitative estimate of drug-likeness (QED) is 0.391. The van der Waals surface area contributed by atoms with Crippen molar-refractivity contribution in [3.05, 3.63) is 74.8 Å². The van der Waals surface area contributed by atoms with Gasteiger partial charge in [0.1, 0.15) is 11.8 Å². The lowest BCUT2D eigenvalue weighted by atomic mass is 9.95. The molecule has 8 nitrogen and oxygen atoms in total. The maximum absolute atomic E-state index is 13.5. The predicted octanol–water partition coefficient (Wildman–Crippen LogP) is 3.74. The molecule has 1 aliphatic rings. The third-order valence-corrected chi connectivity index (χ3v) is 5.93. The third kappa shape index (κ3) is 4.63. The summed E-state index contributed by atoms with van der Waals surface area (Å²) in [5.74, 6) is 1.65. The number of aryl methyl sites for hydroxylation is 1. The van der Waals surface area contributed by atoms with Crippen LogP contribution in [0.2, 0.25) is 0 Å². The maximum atomic E-state index is 13.5. The first kappa shape index (κ1) is 22.3. The highest BCUT2D eigenvalue weighted by Gasteiger charge is 2.34. The molecule has 0 aliphatic carbocycles. The van der Waals surface area contributed by atoms with Crippen molar-refractivity contribution in [3.63, 3.8) is 0 Å². The standard InChI is InChI=1S/C23H24IN5O3/c1-14-20(22(31)26-17-10-8-16(24)9-11-17)21(15-5-3-6-18(13-15)32-2)29-23(25-14)27-19(28-29)7-4-12-30/h3,5-6,8-11,13,21,30H,4,7,12H2,1-2H3,(H,26,31)(H,25,27,28)/t21-/m0/s1. The summed E-state index contributed by atoms with van der Waals surface area (Å²) in [4.78, 5) is 18.0. The molecule has 0 spiro atoms. The maximum Gasteiger partial charge on any atom is 0.255 e. The Hall–Kier alpha value is -2.92. The molecule has 0 fully saturated rings. The fraction of sp³-hybridized carbons (Fsp3) is 0.261. The van der Waals surface area contributed by atoms with E-state index in [9.17, 15) is 9.90 Å². The first-order valence-corrected chi connectivity index (χ1v) is 11.3. The van der Waals surface area contributed by atoms with Crippen molar-refractivity contribution in [2.24, 2.45) is 0 Å². The van der Waals surface area contributed by atoms with Gasteiger partial charge < -0.3 is 20.5 Å². The van der Waals surface area contributed by atoms with Gasteiger partial charge >= 0.3 is 0 Å². The summed E-state index contributed by atoms with van der Waals surface area (Å²) in [7, 11) is 1.61. The molecule has 32 heavy (non-hydrogen) atoms. The van der Waals surface area contributed by atoms with E-state index in [4.69, 9.17) is 4.74 Å². The molecular formula is C23H24IN5O3. The van der Waals surface area contributed by atoms with Crippen molar-refractivity contribution in [2.45, 2.75) is 25.8 Å². The van der Waals surface area contributed by atoms with Crippen LogP contribution in [-0.4, -0.2) is 39.5 Å². The van der Waals surface area contributed by atoms with E-state index in [-0.39, 0.29) is 12.5 Å². The molecule has 1 amide bonds. The van der Waals surface area contributed by atoms with E-state index in [0.29, 0.717) is 47.3 Å². The lowest BCUT2D eigenvalue weighted by molar-refractivity contribution is -0.113. The number of allylic oxidation sites excluding steroid dienone is 1. The average Bonchev–Trinajstić information content (AvgIpc) is 3.20. The molecular weight excluding hydrogens is 521 g/mol. The number of carbonyl (C=O) groups is 1. The second kappa shape index (κ2) is 9.70. The molecule has 9 heteroatoms. The minimum absolute atomic E-state index is 0.0670. The molecule has 4 rings (SSSR count). The van der Waals surface area contributed by atoms with Crippen LogP contribution in [0.25, 0.3) is 0 Å². The van der Waals surface area contributed by atoms with Crippen molar-refractivity contribution >= 4 is 40.1 Å². The number of nitrogens with zero attached hydrogens (tertiary/aromatic N) is 3. The summed E-state index contributed by atoms with van der Waals surface area (Å²) < 4.78 is 8.24. The highest BCUT2D eigenvalue weighted by Crippen LogP contribution is 2.36. The van der Waals surface area contributed by atoms with Crippen molar-refractivity contribution in [3.8, 4) is 5.75 Å². The first-order chi connectivity index (χ1) is 15.5. The zero-order valence-electron chi connectivity index (χ0n) is 17.8. The molecule has 3 N–H and O–H groups in total. The summed E-state index contributed by atoms with van der Waals surface area (Å²) in [6, 6.07) is 14.8. The van der Waals surface area contributed by atoms with Gasteiger partial charge in [-0.05, 0) is 77.9 Å². The molecule has 1 atom stereocenters. The van der Waals surface area contributed by atoms with Crippen LogP contribution in [-0.2, 0) is 11.2 Å². The second-order valence-corrected chi connectivity index (χ2v) is 8.67. The number of aromatic nitrogens is 3. The fourth-order valence-corrected chi connectivity index (χ4v) is 4.04. The number of amides is 1. The van der Waals surface area contributed by atoms with Gasteiger partial charge in [0, 0.05) is 28.0 Å². The van der Waals surface area contributed by atoms with E-state index >= 15 is 0 Å². The lowest BCUT2D eigenvalue weighted by Gasteiger charge is -2.29. The number of hydrogen-bond acceptors (Lipinski definition) is 6. The number of aliphatic hydroxyl groups is 1. The van der Waals surface area contributed by atoms with E-state index < -0.39 is 6.04 Å². The zero-order valence-corrected chi connectivity index (χ0v) is 20.0. The van der Waals surface area contributed by atoms with Gasteiger partial charge in [-0.25, -0.2) is 4.68 Å². The van der Waals surface area contributed by atoms with E-state index in [1.165, 1.54) is 0 Å². The predicted molar refractivity (Wildman–Crippen MR) is 131 cm³/mol. The summed E-state index contributed by atoms with van der Waals surface area (Å²) >= 11 is 2.23. The number of methoxy groups -OCH3 is 1. The largest absolute Gasteiger partial charge is 0.497 e. The monoisotopic (exact) mass is 545 g/mol. The number of hydrogen-bond donors (Lipinski definition) is 3. The van der Waals surface area contributed by atoms with Crippen LogP contribution >= 0.6 is 22.6 Å². The minimum Gasteiger partial charge on any atom is -0.497 e. The Morgan fingerprint density at radius 1 is 1.28 bits per heavy atom. The Balaban J connectivity index is 1.76. The first-order valence-electron chi connectivity index (χ1n) is 10.2. The summed E-state index contributed by atoms with van der Waals surface area (Å²) in [5.41, 5.74) is 2.82. The number of fused-ring (bicyclic) bond motifs is 1. The van der Waals surface area contributed by atoms with Gasteiger partial charge in [0.25, 0.3) is 5.91 Å². The van der Waals surface area contributed by atoms with Crippen molar-refractivity contribution in [1.29, 1.82) is 0 Å². The van der Waals surface area contributed by atoms with E-state index in [2.05, 4.69) is 43.3 Å². The van der Waals surface area contributed by atoms with E-state index in [1.807, 2.05) is 55.5 Å². The number of carbonyl (C=O) groups excluding carboxylic acids is 1. The van der Waals surface area contributed by atoms with E-state index in [1.54, 1.807) is 11.8 Å². The lowest BCUT2D eigenvalue weighted by Crippen LogP contribution is -2.31. The molecule has 0 radical (unpaired) electrons. The van der Waals surface area contributed by atoms with Gasteiger partial charge in [0.15, 0.2) is 5.82 Å². The van der Waals surface area contributed by atoms with E-state index in [0.717, 1.165) is 9.13 Å². The van der Waals surface area contributed by atoms with Crippen LogP contribution in [0.15, 0.2) is 59.8 Å². The zero-order chi connectivity index (χ0) is 22.7. The second-order valence-electron chi connectivity index (χ2n) is 7.43. The Labute approximate surface area is 199 Å². The van der Waals surface area contributed by atoms with Crippen LogP contribution < -0.4 is 15.4 Å². The van der Waals surface area contributed by atoms with Crippen LogP contribution in [0, 0.1) is 3.57 Å². The van der Waals surface area contributed by atoms with Crippen LogP contribution in [0.3, 0.4) is 0 Å².